The fourth-order valence-corrected chi connectivity index (χ4v) is 3.63. The van der Waals surface area contributed by atoms with Crippen LogP contribution in [-0.2, 0) is 10.0 Å². The summed E-state index contributed by atoms with van der Waals surface area (Å²) in [6.07, 6.45) is 1.56. The number of rotatable bonds is 4. The summed E-state index contributed by atoms with van der Waals surface area (Å²) in [6, 6.07) is 8.47. The molecule has 0 aliphatic rings. The summed E-state index contributed by atoms with van der Waals surface area (Å²) < 4.78 is 33.2. The first kappa shape index (κ1) is 15.4. The van der Waals surface area contributed by atoms with E-state index in [9.17, 15) is 8.42 Å². The number of imidazole rings is 1. The Morgan fingerprint density at radius 1 is 1.13 bits per heavy atom. The molecule has 1 heterocycles. The highest BCUT2D eigenvalue weighted by molar-refractivity contribution is 7.92. The molecule has 120 valence electrons. The van der Waals surface area contributed by atoms with Gasteiger partial charge in [-0.1, -0.05) is 0 Å². The largest absolute Gasteiger partial charge is 0.495 e. The summed E-state index contributed by atoms with van der Waals surface area (Å²) >= 11 is 0. The van der Waals surface area contributed by atoms with E-state index in [2.05, 4.69) is 14.7 Å². The Hall–Kier alpha value is -2.54. The van der Waals surface area contributed by atoms with E-state index in [0.717, 1.165) is 22.2 Å². The zero-order valence-electron chi connectivity index (χ0n) is 13.0. The van der Waals surface area contributed by atoms with E-state index >= 15 is 0 Å². The molecule has 0 aliphatic heterocycles. The lowest BCUT2D eigenvalue weighted by Gasteiger charge is -2.14. The molecule has 23 heavy (non-hydrogen) atoms. The summed E-state index contributed by atoms with van der Waals surface area (Å²) in [5.74, 6) is 0.322. The quantitative estimate of drug-likeness (QED) is 0.770. The highest BCUT2D eigenvalue weighted by Crippen LogP contribution is 2.29. The average molecular weight is 331 g/mol. The molecule has 1 aromatic heterocycles. The molecule has 0 bridgehead atoms. The van der Waals surface area contributed by atoms with E-state index in [0.29, 0.717) is 11.4 Å². The second kappa shape index (κ2) is 5.58. The van der Waals surface area contributed by atoms with Crippen molar-refractivity contribution >= 4 is 26.7 Å². The number of fused-ring (bicyclic) bond motifs is 1. The second-order valence-electron chi connectivity index (χ2n) is 5.33. The van der Waals surface area contributed by atoms with Gasteiger partial charge in [-0.3, -0.25) is 4.72 Å². The average Bonchev–Trinajstić information content (AvgIpc) is 2.96. The molecule has 7 heteroatoms. The standard InChI is InChI=1S/C16H17N3O3S/c1-10-6-15(22-3)16(7-11(10)2)23(20,21)19-12-4-5-13-14(8-12)18-9-17-13/h4-9,19H,1-3H3,(H,17,18). The first-order valence-corrected chi connectivity index (χ1v) is 8.50. The Kier molecular flexibility index (Phi) is 3.73. The number of H-pyrrole nitrogens is 1. The van der Waals surface area contributed by atoms with Crippen LogP contribution in [0.3, 0.4) is 0 Å². The zero-order chi connectivity index (χ0) is 16.6. The number of sulfonamides is 1. The maximum atomic E-state index is 12.7. The van der Waals surface area contributed by atoms with Gasteiger partial charge in [0.1, 0.15) is 10.6 Å². The van der Waals surface area contributed by atoms with E-state index in [-0.39, 0.29) is 4.90 Å². The van der Waals surface area contributed by atoms with E-state index in [1.165, 1.54) is 7.11 Å². The molecule has 0 atom stereocenters. The molecule has 0 unspecified atom stereocenters. The van der Waals surface area contributed by atoms with Crippen LogP contribution < -0.4 is 9.46 Å². The van der Waals surface area contributed by atoms with Gasteiger partial charge < -0.3 is 9.72 Å². The minimum absolute atomic E-state index is 0.118. The number of nitrogens with zero attached hydrogens (tertiary/aromatic N) is 1. The fourth-order valence-electron chi connectivity index (χ4n) is 2.34. The summed E-state index contributed by atoms with van der Waals surface area (Å²) in [6.45, 7) is 3.78. The Balaban J connectivity index is 2.02. The number of anilines is 1. The van der Waals surface area contributed by atoms with E-state index in [1.54, 1.807) is 36.7 Å². The number of methoxy groups -OCH3 is 1. The maximum Gasteiger partial charge on any atom is 0.265 e. The first-order valence-electron chi connectivity index (χ1n) is 7.02. The number of ether oxygens (including phenoxy) is 1. The zero-order valence-corrected chi connectivity index (χ0v) is 13.9. The number of aryl methyl sites for hydroxylation is 2. The lowest BCUT2D eigenvalue weighted by molar-refractivity contribution is 0.402. The molecule has 0 spiro atoms. The smallest absolute Gasteiger partial charge is 0.265 e. The Morgan fingerprint density at radius 2 is 1.87 bits per heavy atom. The van der Waals surface area contributed by atoms with Crippen molar-refractivity contribution in [1.29, 1.82) is 0 Å². The van der Waals surface area contributed by atoms with E-state index < -0.39 is 10.0 Å². The van der Waals surface area contributed by atoms with Crippen molar-refractivity contribution in [2.75, 3.05) is 11.8 Å². The highest BCUT2D eigenvalue weighted by atomic mass is 32.2. The molecule has 0 saturated carbocycles. The van der Waals surface area contributed by atoms with Gasteiger partial charge >= 0.3 is 0 Å². The lowest BCUT2D eigenvalue weighted by Crippen LogP contribution is -2.14. The van der Waals surface area contributed by atoms with Crippen LogP contribution in [0.2, 0.25) is 0 Å². The number of nitrogens with one attached hydrogen (secondary N) is 2. The monoisotopic (exact) mass is 331 g/mol. The molecule has 2 aromatic carbocycles. The molecule has 0 radical (unpaired) electrons. The van der Waals surface area contributed by atoms with Crippen molar-refractivity contribution in [3.63, 3.8) is 0 Å². The van der Waals surface area contributed by atoms with Crippen molar-refractivity contribution in [2.45, 2.75) is 18.7 Å². The molecule has 3 aromatic rings. The van der Waals surface area contributed by atoms with Gasteiger partial charge in [-0.15, -0.1) is 0 Å². The number of aromatic nitrogens is 2. The fraction of sp³-hybridized carbons (Fsp3) is 0.188. The van der Waals surface area contributed by atoms with Crippen LogP contribution >= 0.6 is 0 Å². The lowest BCUT2D eigenvalue weighted by atomic mass is 10.1. The van der Waals surface area contributed by atoms with Gasteiger partial charge in [0.2, 0.25) is 0 Å². The molecular weight excluding hydrogens is 314 g/mol. The van der Waals surface area contributed by atoms with Gasteiger partial charge in [-0.05, 0) is 55.3 Å². The molecule has 6 nitrogen and oxygen atoms in total. The molecule has 0 fully saturated rings. The van der Waals surface area contributed by atoms with Crippen molar-refractivity contribution in [3.8, 4) is 5.75 Å². The second-order valence-corrected chi connectivity index (χ2v) is 6.98. The van der Waals surface area contributed by atoms with Gasteiger partial charge in [-0.2, -0.15) is 0 Å². The Bertz CT molecular complexity index is 977. The predicted octanol–water partition coefficient (Wildman–Crippen LogP) is 2.99. The number of aromatic amines is 1. The number of benzene rings is 2. The third-order valence-electron chi connectivity index (χ3n) is 3.74. The van der Waals surface area contributed by atoms with Crippen molar-refractivity contribution < 1.29 is 13.2 Å². The molecule has 2 N–H and O–H groups in total. The third-order valence-corrected chi connectivity index (χ3v) is 5.14. The van der Waals surface area contributed by atoms with E-state index in [1.807, 2.05) is 13.8 Å². The van der Waals surface area contributed by atoms with Crippen LogP contribution in [0, 0.1) is 13.8 Å². The molecule has 0 aliphatic carbocycles. The normalized spacial score (nSPS) is 11.6. The van der Waals surface area contributed by atoms with Gasteiger partial charge in [0.25, 0.3) is 10.0 Å². The maximum absolute atomic E-state index is 12.7. The van der Waals surface area contributed by atoms with Crippen LogP contribution in [0.25, 0.3) is 11.0 Å². The van der Waals surface area contributed by atoms with Gasteiger partial charge in [-0.25, -0.2) is 13.4 Å². The number of hydrogen-bond donors (Lipinski definition) is 2. The number of hydrogen-bond acceptors (Lipinski definition) is 4. The molecule has 0 amide bonds. The minimum Gasteiger partial charge on any atom is -0.495 e. The van der Waals surface area contributed by atoms with Crippen molar-refractivity contribution in [3.05, 3.63) is 47.8 Å². The van der Waals surface area contributed by atoms with Crippen LogP contribution in [0.1, 0.15) is 11.1 Å². The van der Waals surface area contributed by atoms with Crippen molar-refractivity contribution in [2.24, 2.45) is 0 Å². The molecule has 3 rings (SSSR count). The van der Waals surface area contributed by atoms with E-state index in [4.69, 9.17) is 4.74 Å². The molecule has 0 saturated heterocycles. The first-order chi connectivity index (χ1) is 10.9. The predicted molar refractivity (Wildman–Crippen MR) is 89.4 cm³/mol. The summed E-state index contributed by atoms with van der Waals surface area (Å²) in [7, 11) is -2.30. The highest BCUT2D eigenvalue weighted by Gasteiger charge is 2.21. The Labute approximate surface area is 134 Å². The van der Waals surface area contributed by atoms with Crippen molar-refractivity contribution in [1.82, 2.24) is 9.97 Å². The van der Waals surface area contributed by atoms with Gasteiger partial charge in [0.15, 0.2) is 0 Å². The van der Waals surface area contributed by atoms with Crippen LogP contribution in [-0.4, -0.2) is 25.5 Å². The topological polar surface area (TPSA) is 84.1 Å². The van der Waals surface area contributed by atoms with Crippen LogP contribution in [0.4, 0.5) is 5.69 Å². The molecular formula is C16H17N3O3S. The van der Waals surface area contributed by atoms with Crippen LogP contribution in [0.15, 0.2) is 41.6 Å². The van der Waals surface area contributed by atoms with Gasteiger partial charge in [0, 0.05) is 0 Å². The Morgan fingerprint density at radius 3 is 2.61 bits per heavy atom. The summed E-state index contributed by atoms with van der Waals surface area (Å²) in [4.78, 5) is 7.18. The third kappa shape index (κ3) is 2.87. The minimum atomic E-state index is -3.76. The SMILES string of the molecule is COc1cc(C)c(C)cc1S(=O)(=O)Nc1ccc2nc[nH]c2c1. The van der Waals surface area contributed by atoms with Crippen LogP contribution in [0.5, 0.6) is 5.75 Å². The summed E-state index contributed by atoms with van der Waals surface area (Å²) in [5.41, 5.74) is 3.85. The summed E-state index contributed by atoms with van der Waals surface area (Å²) in [5, 5.41) is 0. The van der Waals surface area contributed by atoms with Gasteiger partial charge in [0.05, 0.1) is 30.2 Å².